The number of aliphatic carboxylic acids is 1. The summed E-state index contributed by atoms with van der Waals surface area (Å²) in [5.41, 5.74) is 1.82. The molecule has 0 bridgehead atoms. The highest BCUT2D eigenvalue weighted by atomic mass is 32.2. The van der Waals surface area contributed by atoms with Crippen molar-refractivity contribution in [2.24, 2.45) is 0 Å². The molecule has 1 N–H and O–H groups in total. The number of carboxylic acids is 1. The molecule has 1 heterocycles. The first kappa shape index (κ1) is 25.6. The molecule has 1 saturated heterocycles. The summed E-state index contributed by atoms with van der Waals surface area (Å²) < 4.78 is 17.0. The van der Waals surface area contributed by atoms with Crippen molar-refractivity contribution < 1.29 is 28.9 Å². The van der Waals surface area contributed by atoms with E-state index in [0.717, 1.165) is 16.9 Å². The zero-order valence-corrected chi connectivity index (χ0v) is 20.9. The molecule has 180 valence electrons. The molecule has 2 aromatic carbocycles. The molecule has 0 aromatic heterocycles. The van der Waals surface area contributed by atoms with Crippen molar-refractivity contribution in [2.75, 3.05) is 20.3 Å². The third kappa shape index (κ3) is 6.30. The molecule has 34 heavy (non-hydrogen) atoms. The Balaban J connectivity index is 1.73. The van der Waals surface area contributed by atoms with Gasteiger partial charge in [-0.1, -0.05) is 49.1 Å². The van der Waals surface area contributed by atoms with Crippen molar-refractivity contribution in [1.29, 1.82) is 0 Å². The number of methoxy groups -OCH3 is 1. The normalized spacial score (nSPS) is 15.5. The molecule has 0 saturated carbocycles. The highest BCUT2D eigenvalue weighted by Crippen LogP contribution is 2.35. The maximum Gasteiger partial charge on any atom is 0.344 e. The number of carbonyl (C=O) groups is 2. The van der Waals surface area contributed by atoms with Gasteiger partial charge in [0.2, 0.25) is 0 Å². The lowest BCUT2D eigenvalue weighted by Gasteiger charge is -2.17. The molecule has 1 fully saturated rings. The van der Waals surface area contributed by atoms with E-state index in [1.165, 1.54) is 11.8 Å². The number of hydrogen-bond donors (Lipinski definition) is 1. The molecule has 1 amide bonds. The quantitative estimate of drug-likeness (QED) is 0.348. The second kappa shape index (κ2) is 11.9. The Labute approximate surface area is 208 Å². The van der Waals surface area contributed by atoms with Crippen LogP contribution in [0.15, 0.2) is 47.4 Å². The Morgan fingerprint density at radius 2 is 1.91 bits per heavy atom. The highest BCUT2D eigenvalue weighted by Gasteiger charge is 2.31. The Bertz CT molecular complexity index is 1080. The summed E-state index contributed by atoms with van der Waals surface area (Å²) in [6, 6.07) is 12.9. The molecule has 1 aliphatic rings. The number of rotatable bonds is 11. The summed E-state index contributed by atoms with van der Waals surface area (Å²) in [6.07, 6.45) is 1.79. The third-order valence-corrected chi connectivity index (χ3v) is 6.52. The van der Waals surface area contributed by atoms with Crippen molar-refractivity contribution in [3.05, 3.63) is 58.5 Å². The van der Waals surface area contributed by atoms with Gasteiger partial charge in [0, 0.05) is 6.54 Å². The van der Waals surface area contributed by atoms with E-state index >= 15 is 0 Å². The number of ether oxygens (including phenoxy) is 3. The van der Waals surface area contributed by atoms with Gasteiger partial charge in [0.05, 0.1) is 18.6 Å². The van der Waals surface area contributed by atoms with Gasteiger partial charge in [0.15, 0.2) is 17.6 Å². The zero-order valence-electron chi connectivity index (χ0n) is 19.3. The molecule has 9 heteroatoms. The predicted octanol–water partition coefficient (Wildman–Crippen LogP) is 4.78. The van der Waals surface area contributed by atoms with Crippen LogP contribution < -0.4 is 14.2 Å². The van der Waals surface area contributed by atoms with E-state index in [2.05, 4.69) is 0 Å². The van der Waals surface area contributed by atoms with Crippen LogP contribution in [0.5, 0.6) is 17.2 Å². The zero-order chi connectivity index (χ0) is 24.7. The minimum Gasteiger partial charge on any atom is -0.497 e. The molecule has 1 unspecified atom stereocenters. The molecule has 2 aromatic rings. The Kier molecular flexibility index (Phi) is 8.95. The average Bonchev–Trinajstić information content (AvgIpc) is 3.09. The summed E-state index contributed by atoms with van der Waals surface area (Å²) in [5.74, 6) is 0.380. The van der Waals surface area contributed by atoms with E-state index in [4.69, 9.17) is 26.4 Å². The van der Waals surface area contributed by atoms with Crippen molar-refractivity contribution in [3.8, 4) is 17.2 Å². The van der Waals surface area contributed by atoms with Gasteiger partial charge in [-0.15, -0.1) is 0 Å². The van der Waals surface area contributed by atoms with E-state index < -0.39 is 12.1 Å². The van der Waals surface area contributed by atoms with Gasteiger partial charge in [0.1, 0.15) is 10.1 Å². The van der Waals surface area contributed by atoms with Gasteiger partial charge >= 0.3 is 5.97 Å². The number of benzene rings is 2. The fourth-order valence-electron chi connectivity index (χ4n) is 3.32. The van der Waals surface area contributed by atoms with Crippen LogP contribution in [0.2, 0.25) is 0 Å². The fourth-order valence-corrected chi connectivity index (χ4v) is 4.63. The van der Waals surface area contributed by atoms with E-state index in [1.807, 2.05) is 31.2 Å². The van der Waals surface area contributed by atoms with Crippen molar-refractivity contribution in [2.45, 2.75) is 32.8 Å². The lowest BCUT2D eigenvalue weighted by atomic mass is 10.1. The second-order valence-corrected chi connectivity index (χ2v) is 9.10. The van der Waals surface area contributed by atoms with Crippen LogP contribution in [0.1, 0.15) is 31.4 Å². The summed E-state index contributed by atoms with van der Waals surface area (Å²) in [4.78, 5) is 26.4. The topological polar surface area (TPSA) is 85.3 Å². The van der Waals surface area contributed by atoms with Gasteiger partial charge in [-0.05, 0) is 61.2 Å². The highest BCUT2D eigenvalue weighted by molar-refractivity contribution is 8.26. The van der Waals surface area contributed by atoms with Crippen LogP contribution in [-0.2, 0) is 16.0 Å². The van der Waals surface area contributed by atoms with E-state index in [-0.39, 0.29) is 5.91 Å². The van der Waals surface area contributed by atoms with Crippen LogP contribution in [0.3, 0.4) is 0 Å². The van der Waals surface area contributed by atoms with Gasteiger partial charge < -0.3 is 19.3 Å². The SMILES string of the molecule is CCOc1cc(/C=C2/SC(=S)N(CCc3ccc(OC)cc3)C2=O)ccc1OC(CC)C(=O)O. The number of thiocarbonyl (C=S) groups is 1. The summed E-state index contributed by atoms with van der Waals surface area (Å²) in [7, 11) is 1.62. The van der Waals surface area contributed by atoms with Crippen molar-refractivity contribution >= 4 is 46.3 Å². The summed E-state index contributed by atoms with van der Waals surface area (Å²) in [5, 5.41) is 9.28. The lowest BCUT2D eigenvalue weighted by Crippen LogP contribution is -2.30. The standard InChI is InChI=1S/C25H27NO6S2/c1-4-19(24(28)29)32-20-11-8-17(14-21(20)31-5-2)15-22-23(27)26(25(33)34-22)13-12-16-6-9-18(30-3)10-7-16/h6-11,14-15,19H,4-5,12-13H2,1-3H3,(H,28,29)/b22-15+. The average molecular weight is 502 g/mol. The van der Waals surface area contributed by atoms with E-state index in [0.29, 0.717) is 46.7 Å². The molecular weight excluding hydrogens is 474 g/mol. The number of hydrogen-bond acceptors (Lipinski definition) is 7. The fraction of sp³-hybridized carbons (Fsp3) is 0.320. The Hall–Kier alpha value is -3.04. The number of amides is 1. The monoisotopic (exact) mass is 501 g/mol. The maximum atomic E-state index is 13.0. The van der Waals surface area contributed by atoms with Crippen LogP contribution in [0.25, 0.3) is 6.08 Å². The van der Waals surface area contributed by atoms with E-state index in [1.54, 1.807) is 43.2 Å². The molecule has 1 atom stereocenters. The van der Waals surface area contributed by atoms with Gasteiger partial charge in [0.25, 0.3) is 5.91 Å². The first-order valence-corrected chi connectivity index (χ1v) is 12.1. The summed E-state index contributed by atoms with van der Waals surface area (Å²) >= 11 is 6.70. The number of carbonyl (C=O) groups excluding carboxylic acids is 1. The van der Waals surface area contributed by atoms with Gasteiger partial charge in [-0.2, -0.15) is 0 Å². The molecule has 7 nitrogen and oxygen atoms in total. The number of nitrogens with zero attached hydrogens (tertiary/aromatic N) is 1. The van der Waals surface area contributed by atoms with Crippen molar-refractivity contribution in [1.82, 2.24) is 4.90 Å². The van der Waals surface area contributed by atoms with Crippen LogP contribution >= 0.6 is 24.0 Å². The van der Waals surface area contributed by atoms with Crippen LogP contribution in [-0.4, -0.2) is 52.6 Å². The smallest absolute Gasteiger partial charge is 0.344 e. The first-order valence-electron chi connectivity index (χ1n) is 10.9. The van der Waals surface area contributed by atoms with Crippen molar-refractivity contribution in [3.63, 3.8) is 0 Å². The predicted molar refractivity (Wildman–Crippen MR) is 137 cm³/mol. The van der Waals surface area contributed by atoms with Gasteiger partial charge in [-0.25, -0.2) is 4.79 Å². The molecule has 0 spiro atoms. The van der Waals surface area contributed by atoms with Crippen LogP contribution in [0, 0.1) is 0 Å². The number of carboxylic acid groups (broad SMARTS) is 1. The summed E-state index contributed by atoms with van der Waals surface area (Å²) in [6.45, 7) is 4.44. The van der Waals surface area contributed by atoms with E-state index in [9.17, 15) is 14.7 Å². The Morgan fingerprint density at radius 1 is 1.18 bits per heavy atom. The number of thioether (sulfide) groups is 1. The molecular formula is C25H27NO6S2. The first-order chi connectivity index (χ1) is 16.4. The van der Waals surface area contributed by atoms with Gasteiger partial charge in [-0.3, -0.25) is 9.69 Å². The molecule has 0 radical (unpaired) electrons. The Morgan fingerprint density at radius 3 is 2.53 bits per heavy atom. The molecule has 3 rings (SSSR count). The minimum atomic E-state index is -1.03. The lowest BCUT2D eigenvalue weighted by molar-refractivity contribution is -0.145. The molecule has 1 aliphatic heterocycles. The second-order valence-electron chi connectivity index (χ2n) is 7.42. The largest absolute Gasteiger partial charge is 0.497 e. The third-order valence-electron chi connectivity index (χ3n) is 5.14. The van der Waals surface area contributed by atoms with Crippen LogP contribution in [0.4, 0.5) is 0 Å². The molecule has 0 aliphatic carbocycles. The minimum absolute atomic E-state index is 0.140. The maximum absolute atomic E-state index is 13.0.